The molecule has 4 heteroatoms. The highest BCUT2D eigenvalue weighted by molar-refractivity contribution is 5.26. The van der Waals surface area contributed by atoms with Crippen molar-refractivity contribution in [1.82, 2.24) is 14.8 Å². The number of nitrogens with two attached hydrogens (primary N) is 1. The van der Waals surface area contributed by atoms with Crippen LogP contribution in [0.25, 0.3) is 0 Å². The van der Waals surface area contributed by atoms with Gasteiger partial charge in [-0.3, -0.25) is 0 Å². The molecular weight excluding hydrogens is 236 g/mol. The van der Waals surface area contributed by atoms with Gasteiger partial charge in [-0.1, -0.05) is 37.3 Å². The minimum Gasteiger partial charge on any atom is -0.329 e. The molecule has 2 unspecified atom stereocenters. The van der Waals surface area contributed by atoms with Crippen molar-refractivity contribution in [2.75, 3.05) is 6.54 Å². The normalized spacial score (nSPS) is 20.0. The lowest BCUT2D eigenvalue weighted by Gasteiger charge is -2.23. The van der Waals surface area contributed by atoms with E-state index in [-0.39, 0.29) is 5.92 Å². The van der Waals surface area contributed by atoms with Crippen LogP contribution in [0, 0.1) is 5.92 Å². The summed E-state index contributed by atoms with van der Waals surface area (Å²) in [4.78, 5) is 0. The molecule has 2 aromatic rings. The van der Waals surface area contributed by atoms with Crippen LogP contribution in [0.2, 0.25) is 0 Å². The Kier molecular flexibility index (Phi) is 3.34. The summed E-state index contributed by atoms with van der Waals surface area (Å²) in [5, 5.41) is 8.77. The molecule has 2 N–H and O–H groups in total. The topological polar surface area (TPSA) is 56.7 Å². The smallest absolute Gasteiger partial charge is 0.141 e. The fourth-order valence-electron chi connectivity index (χ4n) is 2.84. The number of rotatable bonds is 3. The maximum Gasteiger partial charge on any atom is 0.141 e. The van der Waals surface area contributed by atoms with Crippen molar-refractivity contribution in [2.24, 2.45) is 11.7 Å². The third kappa shape index (κ3) is 2.28. The number of benzene rings is 1. The van der Waals surface area contributed by atoms with Crippen LogP contribution in [-0.4, -0.2) is 21.3 Å². The van der Waals surface area contributed by atoms with Gasteiger partial charge in [0.25, 0.3) is 0 Å². The van der Waals surface area contributed by atoms with Crippen LogP contribution in [0.5, 0.6) is 0 Å². The molecule has 1 aromatic heterocycles. The van der Waals surface area contributed by atoms with Gasteiger partial charge >= 0.3 is 0 Å². The van der Waals surface area contributed by atoms with E-state index in [0.717, 1.165) is 24.6 Å². The van der Waals surface area contributed by atoms with Crippen molar-refractivity contribution in [2.45, 2.75) is 32.2 Å². The van der Waals surface area contributed by atoms with Crippen LogP contribution in [-0.2, 0) is 13.0 Å². The maximum absolute atomic E-state index is 5.98. The second kappa shape index (κ2) is 5.13. The monoisotopic (exact) mass is 256 g/mol. The Labute approximate surface area is 113 Å². The molecule has 1 aliphatic rings. The molecule has 0 saturated carbocycles. The third-order valence-corrected chi connectivity index (χ3v) is 3.98. The Morgan fingerprint density at radius 1 is 1.32 bits per heavy atom. The van der Waals surface area contributed by atoms with E-state index in [0.29, 0.717) is 12.5 Å². The highest BCUT2D eigenvalue weighted by Gasteiger charge is 2.25. The number of aromatic nitrogens is 3. The van der Waals surface area contributed by atoms with Gasteiger partial charge in [0.1, 0.15) is 11.6 Å². The molecule has 0 amide bonds. The lowest BCUT2D eigenvalue weighted by molar-refractivity contribution is 0.400. The first-order valence-electron chi connectivity index (χ1n) is 6.96. The van der Waals surface area contributed by atoms with Crippen molar-refractivity contribution >= 4 is 0 Å². The Hall–Kier alpha value is -1.68. The van der Waals surface area contributed by atoms with Gasteiger partial charge in [0, 0.05) is 19.5 Å². The van der Waals surface area contributed by atoms with Crippen molar-refractivity contribution in [3.05, 3.63) is 47.5 Å². The van der Waals surface area contributed by atoms with E-state index in [1.165, 1.54) is 12.0 Å². The quantitative estimate of drug-likeness (QED) is 0.913. The van der Waals surface area contributed by atoms with E-state index >= 15 is 0 Å². The zero-order valence-electron chi connectivity index (χ0n) is 11.3. The largest absolute Gasteiger partial charge is 0.329 e. The molecule has 0 saturated heterocycles. The summed E-state index contributed by atoms with van der Waals surface area (Å²) < 4.78 is 2.27. The van der Waals surface area contributed by atoms with Gasteiger partial charge in [-0.2, -0.15) is 0 Å². The molecule has 2 heterocycles. The molecule has 3 rings (SSSR count). The van der Waals surface area contributed by atoms with Gasteiger partial charge in [-0.15, -0.1) is 10.2 Å². The van der Waals surface area contributed by atoms with E-state index in [1.54, 1.807) is 0 Å². The van der Waals surface area contributed by atoms with E-state index in [1.807, 2.05) is 18.2 Å². The van der Waals surface area contributed by atoms with Crippen LogP contribution < -0.4 is 5.73 Å². The summed E-state index contributed by atoms with van der Waals surface area (Å²) in [6, 6.07) is 10.4. The lowest BCUT2D eigenvalue weighted by Crippen LogP contribution is -2.23. The van der Waals surface area contributed by atoms with Gasteiger partial charge in [-0.05, 0) is 17.9 Å². The zero-order valence-corrected chi connectivity index (χ0v) is 11.3. The fourth-order valence-corrected chi connectivity index (χ4v) is 2.84. The van der Waals surface area contributed by atoms with Crippen molar-refractivity contribution < 1.29 is 0 Å². The lowest BCUT2D eigenvalue weighted by atomic mass is 9.96. The van der Waals surface area contributed by atoms with Crippen LogP contribution in [0.4, 0.5) is 0 Å². The molecule has 19 heavy (non-hydrogen) atoms. The van der Waals surface area contributed by atoms with Crippen molar-refractivity contribution in [1.29, 1.82) is 0 Å². The summed E-state index contributed by atoms with van der Waals surface area (Å²) in [6.45, 7) is 3.86. The first-order valence-corrected chi connectivity index (χ1v) is 6.96. The van der Waals surface area contributed by atoms with E-state index in [4.69, 9.17) is 5.73 Å². The summed E-state index contributed by atoms with van der Waals surface area (Å²) in [7, 11) is 0. The molecule has 0 bridgehead atoms. The minimum absolute atomic E-state index is 0.149. The Bertz CT molecular complexity index is 547. The Morgan fingerprint density at radius 3 is 2.84 bits per heavy atom. The van der Waals surface area contributed by atoms with Gasteiger partial charge in [0.15, 0.2) is 0 Å². The first kappa shape index (κ1) is 12.4. The predicted molar refractivity (Wildman–Crippen MR) is 74.8 cm³/mol. The van der Waals surface area contributed by atoms with Gasteiger partial charge < -0.3 is 10.3 Å². The molecule has 1 aliphatic heterocycles. The molecule has 2 atom stereocenters. The van der Waals surface area contributed by atoms with Crippen molar-refractivity contribution in [3.8, 4) is 0 Å². The molecule has 1 aromatic carbocycles. The summed E-state index contributed by atoms with van der Waals surface area (Å²) >= 11 is 0. The number of hydrogen-bond acceptors (Lipinski definition) is 3. The molecule has 0 spiro atoms. The Morgan fingerprint density at radius 2 is 2.11 bits per heavy atom. The average molecular weight is 256 g/mol. The number of hydrogen-bond donors (Lipinski definition) is 1. The van der Waals surface area contributed by atoms with E-state index in [9.17, 15) is 0 Å². The molecule has 0 radical (unpaired) electrons. The van der Waals surface area contributed by atoms with Crippen LogP contribution in [0.1, 0.15) is 36.5 Å². The average Bonchev–Trinajstić information content (AvgIpc) is 2.84. The summed E-state index contributed by atoms with van der Waals surface area (Å²) in [5.41, 5.74) is 7.20. The second-order valence-electron chi connectivity index (χ2n) is 5.42. The summed E-state index contributed by atoms with van der Waals surface area (Å²) in [5.74, 6) is 2.99. The number of fused-ring (bicyclic) bond motifs is 1. The Balaban J connectivity index is 1.97. The number of nitrogens with zero attached hydrogens (tertiary/aromatic N) is 3. The van der Waals surface area contributed by atoms with Gasteiger partial charge in [-0.25, -0.2) is 0 Å². The third-order valence-electron chi connectivity index (χ3n) is 3.98. The van der Waals surface area contributed by atoms with Crippen LogP contribution >= 0.6 is 0 Å². The second-order valence-corrected chi connectivity index (χ2v) is 5.42. The first-order chi connectivity index (χ1) is 9.29. The molecule has 0 aliphatic carbocycles. The molecule has 0 fully saturated rings. The minimum atomic E-state index is 0.149. The highest BCUT2D eigenvalue weighted by atomic mass is 15.3. The van der Waals surface area contributed by atoms with Crippen LogP contribution in [0.15, 0.2) is 30.3 Å². The summed E-state index contributed by atoms with van der Waals surface area (Å²) in [6.07, 6.45) is 2.23. The SMILES string of the molecule is CC1CCn2c(nnc2C(CN)c2ccccc2)C1. The highest BCUT2D eigenvalue weighted by Crippen LogP contribution is 2.26. The molecule has 4 nitrogen and oxygen atoms in total. The van der Waals surface area contributed by atoms with Gasteiger partial charge in [0.05, 0.1) is 5.92 Å². The van der Waals surface area contributed by atoms with E-state index in [2.05, 4.69) is 33.8 Å². The van der Waals surface area contributed by atoms with Crippen molar-refractivity contribution in [3.63, 3.8) is 0 Å². The molecule has 100 valence electrons. The standard InChI is InChI=1S/C15H20N4/c1-11-7-8-19-14(9-11)17-18-15(19)13(10-16)12-5-3-2-4-6-12/h2-6,11,13H,7-10,16H2,1H3. The maximum atomic E-state index is 5.98. The zero-order chi connectivity index (χ0) is 13.2. The van der Waals surface area contributed by atoms with Crippen LogP contribution in [0.3, 0.4) is 0 Å². The predicted octanol–water partition coefficient (Wildman–Crippen LogP) is 1.95. The fraction of sp³-hybridized carbons (Fsp3) is 0.467. The van der Waals surface area contributed by atoms with E-state index < -0.39 is 0 Å². The molecular formula is C15H20N4. The van der Waals surface area contributed by atoms with Gasteiger partial charge in [0.2, 0.25) is 0 Å².